The molecule has 0 saturated heterocycles. The predicted octanol–water partition coefficient (Wildman–Crippen LogP) is 2.51. The number of benzene rings is 1. The summed E-state index contributed by atoms with van der Waals surface area (Å²) in [5, 5.41) is 13.7. The molecule has 0 radical (unpaired) electrons. The monoisotopic (exact) mass is 301 g/mol. The summed E-state index contributed by atoms with van der Waals surface area (Å²) in [5.41, 5.74) is 7.04. The van der Waals surface area contributed by atoms with Gasteiger partial charge in [0.05, 0.1) is 6.54 Å². The van der Waals surface area contributed by atoms with E-state index < -0.39 is 6.10 Å². The van der Waals surface area contributed by atoms with E-state index in [1.807, 2.05) is 6.92 Å². The molecule has 1 unspecified atom stereocenters. The fourth-order valence-electron chi connectivity index (χ4n) is 1.40. The van der Waals surface area contributed by atoms with Crippen LogP contribution in [0, 0.1) is 0 Å². The van der Waals surface area contributed by atoms with Gasteiger partial charge >= 0.3 is 0 Å². The van der Waals surface area contributed by atoms with Crippen molar-refractivity contribution >= 4 is 29.2 Å². The van der Waals surface area contributed by atoms with Crippen LogP contribution in [-0.2, 0) is 0 Å². The maximum atomic E-state index is 10.0. The summed E-state index contributed by atoms with van der Waals surface area (Å²) in [4.78, 5) is 4.03. The first-order valence-corrected chi connectivity index (χ1v) is 6.47. The molecule has 0 aliphatic carbocycles. The minimum Gasteiger partial charge on any atom is -0.386 e. The number of halogens is 2. The van der Waals surface area contributed by atoms with Gasteiger partial charge in [-0.15, -0.1) is 0 Å². The molecule has 1 aromatic carbocycles. The standard InChI is InChI=1S/C13H17Cl2N3O/c1-8(2)6-17-13(16)18-7-11(19)12-9(14)4-3-5-10(12)15/h3-5,11,19H,1,6-7H2,2H3,(H3,16,17,18). The minimum atomic E-state index is -0.897. The molecule has 0 saturated carbocycles. The number of nitrogens with zero attached hydrogens (tertiary/aromatic N) is 1. The highest BCUT2D eigenvalue weighted by Gasteiger charge is 2.14. The Labute approximate surface area is 122 Å². The highest BCUT2D eigenvalue weighted by molar-refractivity contribution is 6.36. The molecule has 1 atom stereocenters. The Morgan fingerprint density at radius 1 is 1.47 bits per heavy atom. The van der Waals surface area contributed by atoms with E-state index >= 15 is 0 Å². The van der Waals surface area contributed by atoms with E-state index in [9.17, 15) is 5.11 Å². The van der Waals surface area contributed by atoms with Gasteiger partial charge in [0.15, 0.2) is 5.96 Å². The third-order valence-electron chi connectivity index (χ3n) is 2.34. The summed E-state index contributed by atoms with van der Waals surface area (Å²) in [5.74, 6) is 0.241. The maximum absolute atomic E-state index is 10.0. The van der Waals surface area contributed by atoms with Crippen molar-refractivity contribution in [2.75, 3.05) is 13.1 Å². The second-order valence-corrected chi connectivity index (χ2v) is 5.00. The van der Waals surface area contributed by atoms with Crippen LogP contribution in [0.2, 0.25) is 10.0 Å². The lowest BCUT2D eigenvalue weighted by atomic mass is 10.1. The number of hydrogen-bond donors (Lipinski definition) is 3. The fourth-order valence-corrected chi connectivity index (χ4v) is 2.05. The lowest BCUT2D eigenvalue weighted by molar-refractivity contribution is 0.187. The quantitative estimate of drug-likeness (QED) is 0.444. The molecule has 0 aromatic heterocycles. The van der Waals surface area contributed by atoms with E-state index in [1.165, 1.54) is 0 Å². The topological polar surface area (TPSA) is 70.6 Å². The Morgan fingerprint density at radius 3 is 2.58 bits per heavy atom. The number of nitrogens with two attached hydrogens (primary N) is 1. The van der Waals surface area contributed by atoms with Crippen LogP contribution in [-0.4, -0.2) is 24.2 Å². The van der Waals surface area contributed by atoms with Crippen LogP contribution in [0.25, 0.3) is 0 Å². The maximum Gasteiger partial charge on any atom is 0.188 e. The number of nitrogens with one attached hydrogen (secondary N) is 1. The van der Waals surface area contributed by atoms with Gasteiger partial charge in [0.1, 0.15) is 6.10 Å². The number of aliphatic imine (C=N–C) groups is 1. The highest BCUT2D eigenvalue weighted by atomic mass is 35.5. The van der Waals surface area contributed by atoms with Crippen LogP contribution in [0.4, 0.5) is 0 Å². The Bertz CT molecular complexity index is 469. The van der Waals surface area contributed by atoms with Crippen molar-refractivity contribution < 1.29 is 5.11 Å². The Morgan fingerprint density at radius 2 is 2.05 bits per heavy atom. The molecule has 4 N–H and O–H groups in total. The van der Waals surface area contributed by atoms with Gasteiger partial charge in [-0.2, -0.15) is 0 Å². The fraction of sp³-hybridized carbons (Fsp3) is 0.308. The molecule has 1 rings (SSSR count). The molecule has 104 valence electrons. The van der Waals surface area contributed by atoms with Gasteiger partial charge < -0.3 is 16.2 Å². The summed E-state index contributed by atoms with van der Waals surface area (Å²) in [6.45, 7) is 6.23. The minimum absolute atomic E-state index is 0.0818. The highest BCUT2D eigenvalue weighted by Crippen LogP contribution is 2.30. The Balaban J connectivity index is 2.67. The summed E-state index contributed by atoms with van der Waals surface area (Å²) >= 11 is 12.0. The number of guanidine groups is 1. The molecule has 1 aromatic rings. The zero-order valence-corrected chi connectivity index (χ0v) is 12.2. The van der Waals surface area contributed by atoms with Crippen molar-refractivity contribution in [2.45, 2.75) is 13.0 Å². The lowest BCUT2D eigenvalue weighted by Crippen LogP contribution is -2.33. The van der Waals surface area contributed by atoms with Crippen molar-refractivity contribution in [3.8, 4) is 0 Å². The number of hydrogen-bond acceptors (Lipinski definition) is 2. The molecule has 0 aliphatic rings. The summed E-state index contributed by atoms with van der Waals surface area (Å²) < 4.78 is 0. The van der Waals surface area contributed by atoms with E-state index in [0.717, 1.165) is 5.57 Å². The van der Waals surface area contributed by atoms with E-state index in [-0.39, 0.29) is 12.5 Å². The second-order valence-electron chi connectivity index (χ2n) is 4.19. The van der Waals surface area contributed by atoms with Gasteiger partial charge in [-0.1, -0.05) is 41.4 Å². The molecular formula is C13H17Cl2N3O. The molecule has 0 amide bonds. The Kier molecular flexibility index (Phi) is 6.15. The van der Waals surface area contributed by atoms with E-state index in [1.54, 1.807) is 18.2 Å². The normalized spacial score (nSPS) is 13.2. The predicted molar refractivity (Wildman–Crippen MR) is 80.7 cm³/mol. The average Bonchev–Trinajstić information content (AvgIpc) is 2.33. The number of aliphatic hydroxyl groups excluding tert-OH is 1. The molecule has 0 aliphatic heterocycles. The van der Waals surface area contributed by atoms with Gasteiger partial charge in [0, 0.05) is 22.2 Å². The van der Waals surface area contributed by atoms with Crippen LogP contribution in [0.15, 0.2) is 35.3 Å². The van der Waals surface area contributed by atoms with E-state index in [4.69, 9.17) is 28.9 Å². The molecular weight excluding hydrogens is 285 g/mol. The molecule has 4 nitrogen and oxygen atoms in total. The van der Waals surface area contributed by atoms with Gasteiger partial charge in [-0.3, -0.25) is 4.99 Å². The zero-order valence-electron chi connectivity index (χ0n) is 10.7. The van der Waals surface area contributed by atoms with Gasteiger partial charge in [0.2, 0.25) is 0 Å². The van der Waals surface area contributed by atoms with Crippen molar-refractivity contribution in [1.82, 2.24) is 5.32 Å². The molecule has 6 heteroatoms. The van der Waals surface area contributed by atoms with Crippen molar-refractivity contribution in [1.29, 1.82) is 0 Å². The Hall–Kier alpha value is -1.23. The summed E-state index contributed by atoms with van der Waals surface area (Å²) in [6.07, 6.45) is -0.897. The molecule has 0 fully saturated rings. The lowest BCUT2D eigenvalue weighted by Gasteiger charge is -2.13. The van der Waals surface area contributed by atoms with Crippen LogP contribution >= 0.6 is 23.2 Å². The van der Waals surface area contributed by atoms with Crippen LogP contribution in [0.5, 0.6) is 0 Å². The van der Waals surface area contributed by atoms with Crippen LogP contribution < -0.4 is 11.1 Å². The molecule has 0 bridgehead atoms. The van der Waals surface area contributed by atoms with Crippen LogP contribution in [0.3, 0.4) is 0 Å². The number of rotatable bonds is 5. The average molecular weight is 302 g/mol. The van der Waals surface area contributed by atoms with Crippen molar-refractivity contribution in [3.05, 3.63) is 46.0 Å². The summed E-state index contributed by atoms with van der Waals surface area (Å²) in [7, 11) is 0. The first kappa shape index (κ1) is 15.8. The van der Waals surface area contributed by atoms with Crippen LogP contribution in [0.1, 0.15) is 18.6 Å². The first-order chi connectivity index (χ1) is 8.91. The smallest absolute Gasteiger partial charge is 0.188 e. The summed E-state index contributed by atoms with van der Waals surface area (Å²) in [6, 6.07) is 5.05. The SMILES string of the molecule is C=C(C)CNC(N)=NCC(O)c1c(Cl)cccc1Cl. The van der Waals surface area contributed by atoms with Gasteiger partial charge in [-0.25, -0.2) is 0 Å². The van der Waals surface area contributed by atoms with Crippen molar-refractivity contribution in [3.63, 3.8) is 0 Å². The van der Waals surface area contributed by atoms with Gasteiger partial charge in [0.25, 0.3) is 0 Å². The molecule has 0 spiro atoms. The molecule has 0 heterocycles. The largest absolute Gasteiger partial charge is 0.386 e. The van der Waals surface area contributed by atoms with E-state index in [2.05, 4.69) is 16.9 Å². The zero-order chi connectivity index (χ0) is 14.4. The van der Waals surface area contributed by atoms with Crippen molar-refractivity contribution in [2.24, 2.45) is 10.7 Å². The number of aliphatic hydroxyl groups is 1. The third-order valence-corrected chi connectivity index (χ3v) is 3.00. The van der Waals surface area contributed by atoms with Gasteiger partial charge in [-0.05, 0) is 19.1 Å². The second kappa shape index (κ2) is 7.38. The van der Waals surface area contributed by atoms with E-state index in [0.29, 0.717) is 22.2 Å². The first-order valence-electron chi connectivity index (χ1n) is 5.72. The molecule has 19 heavy (non-hydrogen) atoms. The third kappa shape index (κ3) is 5.11.